The third kappa shape index (κ3) is 5.35. The van der Waals surface area contributed by atoms with Crippen molar-refractivity contribution in [1.29, 1.82) is 0 Å². The molecule has 0 unspecified atom stereocenters. The van der Waals surface area contributed by atoms with Crippen molar-refractivity contribution in [3.8, 4) is 0 Å². The molecule has 6 heteroatoms. The van der Waals surface area contributed by atoms with Crippen LogP contribution in [0.25, 0.3) is 0 Å². The molecule has 146 valence electrons. The van der Waals surface area contributed by atoms with Crippen molar-refractivity contribution in [2.75, 3.05) is 26.2 Å². The van der Waals surface area contributed by atoms with E-state index in [0.29, 0.717) is 0 Å². The predicted molar refractivity (Wildman–Crippen MR) is 122 cm³/mol. The Bertz CT molecular complexity index is 579. The maximum atomic E-state index is 9.76. The molecule has 2 N–H and O–H groups in total. The van der Waals surface area contributed by atoms with Gasteiger partial charge in [-0.05, 0) is 50.3 Å². The van der Waals surface area contributed by atoms with Crippen molar-refractivity contribution >= 4 is 45.9 Å². The lowest BCUT2D eigenvalue weighted by Crippen LogP contribution is -2.47. The van der Waals surface area contributed by atoms with Crippen LogP contribution in [-0.4, -0.2) is 48.2 Å². The number of aliphatic hydroxyl groups excluding tert-OH is 1. The molecule has 1 saturated carbocycles. The lowest BCUT2D eigenvalue weighted by atomic mass is 9.79. The fraction of sp³-hybridized carbons (Fsp3) is 0.650. The SMILES string of the molecule is CCNC(=NCC1(c2ccc(Br)cc2)CCCC1)N1CCC(O)CC1.I. The Hall–Kier alpha value is -0.340. The zero-order valence-corrected chi connectivity index (χ0v) is 19.5. The van der Waals surface area contributed by atoms with Crippen LogP contribution in [-0.2, 0) is 5.41 Å². The van der Waals surface area contributed by atoms with E-state index in [2.05, 4.69) is 57.3 Å². The highest BCUT2D eigenvalue weighted by Crippen LogP contribution is 2.41. The molecule has 4 nitrogen and oxygen atoms in total. The number of nitrogens with one attached hydrogen (secondary N) is 1. The van der Waals surface area contributed by atoms with E-state index in [1.165, 1.54) is 31.2 Å². The minimum absolute atomic E-state index is 0. The molecule has 26 heavy (non-hydrogen) atoms. The molecule has 1 aliphatic carbocycles. The van der Waals surface area contributed by atoms with Gasteiger partial charge in [-0.3, -0.25) is 4.99 Å². The number of nitrogens with zero attached hydrogens (tertiary/aromatic N) is 2. The third-order valence-corrected chi connectivity index (χ3v) is 6.18. The number of hydrogen-bond donors (Lipinski definition) is 2. The average Bonchev–Trinajstić information content (AvgIpc) is 3.10. The lowest BCUT2D eigenvalue weighted by molar-refractivity contribution is 0.108. The second kappa shape index (κ2) is 10.3. The summed E-state index contributed by atoms with van der Waals surface area (Å²) in [4.78, 5) is 7.36. The van der Waals surface area contributed by atoms with E-state index in [9.17, 15) is 5.11 Å². The first-order valence-electron chi connectivity index (χ1n) is 9.60. The van der Waals surface area contributed by atoms with Gasteiger partial charge in [0.25, 0.3) is 0 Å². The minimum Gasteiger partial charge on any atom is -0.393 e. The number of rotatable bonds is 4. The number of hydrogen-bond acceptors (Lipinski definition) is 2. The molecule has 3 rings (SSSR count). The number of likely N-dealkylation sites (tertiary alicyclic amines) is 1. The van der Waals surface area contributed by atoms with Crippen LogP contribution in [0.15, 0.2) is 33.7 Å². The monoisotopic (exact) mass is 535 g/mol. The molecule has 0 aromatic heterocycles. The van der Waals surface area contributed by atoms with Crippen LogP contribution in [0, 0.1) is 0 Å². The Morgan fingerprint density at radius 2 is 1.85 bits per heavy atom. The van der Waals surface area contributed by atoms with E-state index in [0.717, 1.165) is 49.5 Å². The minimum atomic E-state index is -0.150. The molecule has 1 saturated heterocycles. The molecule has 2 fully saturated rings. The molecule has 0 bridgehead atoms. The Morgan fingerprint density at radius 3 is 2.42 bits per heavy atom. The Labute approximate surface area is 183 Å². The second-order valence-electron chi connectivity index (χ2n) is 7.38. The predicted octanol–water partition coefficient (Wildman–Crippen LogP) is 4.30. The Morgan fingerprint density at radius 1 is 1.23 bits per heavy atom. The average molecular weight is 536 g/mol. The molecule has 2 aliphatic rings. The number of aliphatic hydroxyl groups is 1. The zero-order valence-electron chi connectivity index (χ0n) is 15.6. The lowest BCUT2D eigenvalue weighted by Gasteiger charge is -2.34. The summed E-state index contributed by atoms with van der Waals surface area (Å²) in [7, 11) is 0. The van der Waals surface area contributed by atoms with Crippen molar-refractivity contribution in [2.45, 2.75) is 57.0 Å². The molecular weight excluding hydrogens is 505 g/mol. The first-order chi connectivity index (χ1) is 12.1. The zero-order chi connectivity index (χ0) is 17.7. The van der Waals surface area contributed by atoms with Gasteiger partial charge in [-0.25, -0.2) is 0 Å². The second-order valence-corrected chi connectivity index (χ2v) is 8.30. The number of halogens is 2. The summed E-state index contributed by atoms with van der Waals surface area (Å²) in [5, 5.41) is 13.2. The van der Waals surface area contributed by atoms with Crippen LogP contribution in [0.5, 0.6) is 0 Å². The third-order valence-electron chi connectivity index (χ3n) is 5.65. The maximum absolute atomic E-state index is 9.76. The quantitative estimate of drug-likeness (QED) is 0.343. The number of piperidine rings is 1. The fourth-order valence-corrected chi connectivity index (χ4v) is 4.39. The molecular formula is C20H31BrIN3O. The van der Waals surface area contributed by atoms with Crippen LogP contribution >= 0.6 is 39.9 Å². The maximum Gasteiger partial charge on any atom is 0.193 e. The van der Waals surface area contributed by atoms with Crippen molar-refractivity contribution in [2.24, 2.45) is 4.99 Å². The van der Waals surface area contributed by atoms with Crippen LogP contribution < -0.4 is 5.32 Å². The van der Waals surface area contributed by atoms with Gasteiger partial charge in [0.15, 0.2) is 5.96 Å². The van der Waals surface area contributed by atoms with Crippen LogP contribution in [0.3, 0.4) is 0 Å². The molecule has 0 amide bonds. The highest BCUT2D eigenvalue weighted by Gasteiger charge is 2.35. The van der Waals surface area contributed by atoms with Gasteiger partial charge in [-0.15, -0.1) is 24.0 Å². The van der Waals surface area contributed by atoms with E-state index in [-0.39, 0.29) is 35.5 Å². The summed E-state index contributed by atoms with van der Waals surface area (Å²) < 4.78 is 1.13. The van der Waals surface area contributed by atoms with E-state index >= 15 is 0 Å². The summed E-state index contributed by atoms with van der Waals surface area (Å²) in [6.07, 6.45) is 6.54. The Balaban J connectivity index is 0.00000243. The highest BCUT2D eigenvalue weighted by molar-refractivity contribution is 14.0. The smallest absolute Gasteiger partial charge is 0.193 e. The molecule has 0 atom stereocenters. The van der Waals surface area contributed by atoms with E-state index < -0.39 is 0 Å². The fourth-order valence-electron chi connectivity index (χ4n) is 4.12. The molecule has 1 aliphatic heterocycles. The van der Waals surface area contributed by atoms with Crippen molar-refractivity contribution < 1.29 is 5.11 Å². The molecule has 0 spiro atoms. The summed E-state index contributed by atoms with van der Waals surface area (Å²) in [6, 6.07) is 8.82. The number of guanidine groups is 1. The van der Waals surface area contributed by atoms with Crippen LogP contribution in [0.2, 0.25) is 0 Å². The summed E-state index contributed by atoms with van der Waals surface area (Å²) in [5.41, 5.74) is 1.60. The van der Waals surface area contributed by atoms with Gasteiger partial charge in [0.1, 0.15) is 0 Å². The topological polar surface area (TPSA) is 47.9 Å². The number of benzene rings is 1. The molecule has 0 radical (unpaired) electrons. The van der Waals surface area contributed by atoms with E-state index in [1.54, 1.807) is 0 Å². The van der Waals surface area contributed by atoms with Gasteiger partial charge in [0, 0.05) is 29.5 Å². The van der Waals surface area contributed by atoms with Gasteiger partial charge in [-0.2, -0.15) is 0 Å². The van der Waals surface area contributed by atoms with E-state index in [4.69, 9.17) is 4.99 Å². The summed E-state index contributed by atoms with van der Waals surface area (Å²) in [6.45, 7) is 5.62. The van der Waals surface area contributed by atoms with Crippen LogP contribution in [0.1, 0.15) is 51.0 Å². The molecule has 1 heterocycles. The van der Waals surface area contributed by atoms with Gasteiger partial charge in [0.2, 0.25) is 0 Å². The van der Waals surface area contributed by atoms with Crippen molar-refractivity contribution in [1.82, 2.24) is 10.2 Å². The van der Waals surface area contributed by atoms with Crippen molar-refractivity contribution in [3.63, 3.8) is 0 Å². The normalized spacial score (nSPS) is 20.7. The van der Waals surface area contributed by atoms with Gasteiger partial charge >= 0.3 is 0 Å². The highest BCUT2D eigenvalue weighted by atomic mass is 127. The van der Waals surface area contributed by atoms with Gasteiger partial charge in [-0.1, -0.05) is 40.9 Å². The largest absolute Gasteiger partial charge is 0.393 e. The number of aliphatic imine (C=N–C) groups is 1. The first-order valence-corrected chi connectivity index (χ1v) is 10.4. The first kappa shape index (κ1) is 22.0. The summed E-state index contributed by atoms with van der Waals surface area (Å²) in [5.74, 6) is 1.01. The van der Waals surface area contributed by atoms with Crippen LogP contribution in [0.4, 0.5) is 0 Å². The van der Waals surface area contributed by atoms with E-state index in [1.807, 2.05) is 0 Å². The standard InChI is InChI=1S/C20H30BrN3O.HI/c1-2-22-19(24-13-9-18(25)10-14-24)23-15-20(11-3-4-12-20)16-5-7-17(21)8-6-16;/h5-8,18,25H,2-4,9-15H2,1H3,(H,22,23);1H. The van der Waals surface area contributed by atoms with Gasteiger partial charge < -0.3 is 15.3 Å². The summed E-state index contributed by atoms with van der Waals surface area (Å²) >= 11 is 3.55. The Kier molecular flexibility index (Phi) is 8.67. The molecule has 1 aromatic rings. The van der Waals surface area contributed by atoms with Crippen molar-refractivity contribution in [3.05, 3.63) is 34.3 Å². The van der Waals surface area contributed by atoms with Gasteiger partial charge in [0.05, 0.1) is 12.6 Å². The molecule has 1 aromatic carbocycles.